The van der Waals surface area contributed by atoms with E-state index in [1.807, 2.05) is 19.2 Å². The van der Waals surface area contributed by atoms with E-state index in [4.69, 9.17) is 40.5 Å². The molecule has 2 saturated heterocycles. The Bertz CT molecular complexity index is 2460. The van der Waals surface area contributed by atoms with Crippen LogP contribution in [0.15, 0.2) is 41.8 Å². The summed E-state index contributed by atoms with van der Waals surface area (Å²) in [7, 11) is -3.11. The monoisotopic (exact) mass is 958 g/mol. The number of halogens is 3. The number of thiazole rings is 1. The minimum atomic E-state index is -4.60. The first-order chi connectivity index (χ1) is 31.2. The molecule has 3 amide bonds. The Hall–Kier alpha value is -4.61. The minimum absolute atomic E-state index is 0.0689. The number of nitrogens with zero attached hydrogens (tertiary/aromatic N) is 3. The number of aromatic nitrogens is 2. The van der Waals surface area contributed by atoms with Crippen molar-refractivity contribution in [1.82, 2.24) is 25.5 Å². The first-order valence-corrected chi connectivity index (χ1v) is 25.2. The fourth-order valence-corrected chi connectivity index (χ4v) is 12.9. The van der Waals surface area contributed by atoms with Crippen molar-refractivity contribution in [3.8, 4) is 22.9 Å². The number of methoxy groups -OCH3 is 1. The van der Waals surface area contributed by atoms with Crippen molar-refractivity contribution in [3.63, 3.8) is 0 Å². The predicted octanol–water partition coefficient (Wildman–Crippen LogP) is 8.40. The lowest BCUT2D eigenvalue weighted by molar-refractivity contribution is -0.140. The molecule has 1 unspecified atom stereocenters. The lowest BCUT2D eigenvalue weighted by Gasteiger charge is -2.31. The molecule has 65 heavy (non-hydrogen) atoms. The van der Waals surface area contributed by atoms with E-state index in [-0.39, 0.29) is 49.6 Å². The van der Waals surface area contributed by atoms with Crippen LogP contribution in [0, 0.1) is 17.6 Å². The standard InChI is InChI=1S/C45H54ClF2N6O9PS/c1-25(2)49-43-51-35(24-65-43)34-20-38(29-15-16-37(60-3)39(46)40(29)50-34)62-28-19-36-41(55)53-45(64(58,59)23-30-31(47)12-6-13-32(30)48)21-26(45)9-7-17-61-18-8-14-33(42(56)54(36)22-28)52-44(57)63-27-10-4-5-11-27/h6,12-13,15-16,20,24-28,33,36H,4-5,7-11,14,17-19,21-23H2,1-3H3,(H,49,51)(H,52,57)(H,53,55)(H,58,59)/t26-,28-,33+,36+,45+/m1/s1. The first-order valence-electron chi connectivity index (χ1n) is 22.1. The summed E-state index contributed by atoms with van der Waals surface area (Å²) < 4.78 is 68.3. The molecule has 2 aromatic heterocycles. The van der Waals surface area contributed by atoms with Crippen molar-refractivity contribution in [2.75, 3.05) is 32.2 Å². The highest BCUT2D eigenvalue weighted by molar-refractivity contribution is 7.59. The van der Waals surface area contributed by atoms with Crippen LogP contribution >= 0.6 is 30.3 Å². The molecule has 2 aliphatic heterocycles. The maximum Gasteiger partial charge on any atom is 0.408 e. The van der Waals surface area contributed by atoms with Crippen LogP contribution in [0.25, 0.3) is 22.3 Å². The van der Waals surface area contributed by atoms with Gasteiger partial charge in [0.2, 0.25) is 19.2 Å². The van der Waals surface area contributed by atoms with E-state index < -0.39 is 78.0 Å². The first kappa shape index (κ1) is 46.9. The van der Waals surface area contributed by atoms with Gasteiger partial charge in [0.25, 0.3) is 0 Å². The Morgan fingerprint density at radius 1 is 1.05 bits per heavy atom. The molecule has 2 aliphatic carbocycles. The number of amides is 3. The molecule has 2 saturated carbocycles. The summed E-state index contributed by atoms with van der Waals surface area (Å²) in [5.41, 5.74) is 0.803. The molecule has 4 aliphatic rings. The molecule has 0 spiro atoms. The Labute approximate surface area is 384 Å². The van der Waals surface area contributed by atoms with Crippen molar-refractivity contribution in [2.24, 2.45) is 5.92 Å². The van der Waals surface area contributed by atoms with E-state index >= 15 is 0 Å². The van der Waals surface area contributed by atoms with Crippen molar-refractivity contribution in [3.05, 3.63) is 64.0 Å². The molecule has 0 radical (unpaired) electrons. The van der Waals surface area contributed by atoms with Crippen molar-refractivity contribution in [2.45, 2.75) is 120 Å². The van der Waals surface area contributed by atoms with E-state index in [1.54, 1.807) is 18.2 Å². The quantitative estimate of drug-likeness (QED) is 0.105. The average Bonchev–Trinajstić information content (AvgIpc) is 3.68. The number of rotatable bonds is 11. The molecule has 6 atom stereocenters. The van der Waals surface area contributed by atoms with Crippen molar-refractivity contribution < 1.29 is 51.6 Å². The van der Waals surface area contributed by atoms with E-state index in [0.29, 0.717) is 64.8 Å². The number of carbonyl (C=O) groups excluding carboxylic acids is 3. The van der Waals surface area contributed by atoms with Crippen LogP contribution in [-0.4, -0.2) is 100 Å². The number of carbonyl (C=O) groups is 3. The third-order valence-corrected chi connectivity index (χ3v) is 16.4. The van der Waals surface area contributed by atoms with Gasteiger partial charge in [-0.25, -0.2) is 23.5 Å². The zero-order chi connectivity index (χ0) is 46.0. The Kier molecular flexibility index (Phi) is 14.2. The fraction of sp³-hybridized carbons (Fsp3) is 0.533. The third kappa shape index (κ3) is 10.2. The fourth-order valence-electron chi connectivity index (χ4n) is 9.23. The van der Waals surface area contributed by atoms with Gasteiger partial charge in [0, 0.05) is 48.1 Å². The van der Waals surface area contributed by atoms with Gasteiger partial charge < -0.3 is 44.7 Å². The minimum Gasteiger partial charge on any atom is -0.495 e. The van der Waals surface area contributed by atoms with Crippen molar-refractivity contribution >= 4 is 64.2 Å². The van der Waals surface area contributed by atoms with Gasteiger partial charge in [-0.1, -0.05) is 17.7 Å². The highest BCUT2D eigenvalue weighted by atomic mass is 35.5. The number of fused-ring (bicyclic) bond motifs is 3. The van der Waals surface area contributed by atoms with Gasteiger partial charge in [0.15, 0.2) is 5.13 Å². The van der Waals surface area contributed by atoms with Crippen LogP contribution in [0.1, 0.15) is 83.6 Å². The third-order valence-electron chi connectivity index (χ3n) is 12.6. The summed E-state index contributed by atoms with van der Waals surface area (Å²) in [5, 5.41) is 10.5. The van der Waals surface area contributed by atoms with Crippen LogP contribution in [0.2, 0.25) is 5.02 Å². The summed E-state index contributed by atoms with van der Waals surface area (Å²) in [6.45, 7) is 4.43. The van der Waals surface area contributed by atoms with Crippen LogP contribution in [-0.2, 0) is 29.8 Å². The molecule has 4 N–H and O–H groups in total. The smallest absolute Gasteiger partial charge is 0.408 e. The van der Waals surface area contributed by atoms with E-state index in [9.17, 15) is 32.6 Å². The SMILES string of the molecule is COc1ccc2c(O[C@@H]3C[C@H]4C(=O)N[C@]5(P(=O)(O)Cc6c(F)cccc6F)C[C@H]5CCCOCCC[C@H](NC(=O)OC5CCCC5)C(=O)N4C3)cc(-c3csc(NC(C)C)n3)nc2c1Cl. The molecule has 350 valence electrons. The molecule has 4 aromatic rings. The predicted molar refractivity (Wildman–Crippen MR) is 242 cm³/mol. The summed E-state index contributed by atoms with van der Waals surface area (Å²) in [6, 6.07) is 6.09. The van der Waals surface area contributed by atoms with Gasteiger partial charge >= 0.3 is 6.09 Å². The number of hydrogen-bond donors (Lipinski definition) is 4. The zero-order valence-corrected chi connectivity index (χ0v) is 38.9. The van der Waals surface area contributed by atoms with Crippen LogP contribution in [0.3, 0.4) is 0 Å². The molecule has 4 heterocycles. The molecule has 4 fully saturated rings. The summed E-state index contributed by atoms with van der Waals surface area (Å²) in [4.78, 5) is 65.7. The largest absolute Gasteiger partial charge is 0.495 e. The maximum absolute atomic E-state index is 15.0. The number of alkyl carbamates (subject to hydrolysis) is 1. The van der Waals surface area contributed by atoms with Crippen LogP contribution in [0.4, 0.5) is 18.7 Å². The van der Waals surface area contributed by atoms with E-state index in [2.05, 4.69) is 16.0 Å². The molecule has 2 aromatic carbocycles. The van der Waals surface area contributed by atoms with Gasteiger partial charge in [-0.15, -0.1) is 11.3 Å². The van der Waals surface area contributed by atoms with Crippen LogP contribution < -0.4 is 25.4 Å². The Morgan fingerprint density at radius 2 is 1.78 bits per heavy atom. The average molecular weight is 959 g/mol. The highest BCUT2D eigenvalue weighted by Crippen LogP contribution is 2.71. The molecular weight excluding hydrogens is 905 g/mol. The Morgan fingerprint density at radius 3 is 2.51 bits per heavy atom. The number of anilines is 1. The normalized spacial score (nSPS) is 25.2. The highest BCUT2D eigenvalue weighted by Gasteiger charge is 2.66. The van der Waals surface area contributed by atoms with E-state index in [0.717, 1.165) is 37.8 Å². The second-order valence-corrected chi connectivity index (χ2v) is 21.3. The lowest BCUT2D eigenvalue weighted by Crippen LogP contribution is -2.55. The van der Waals surface area contributed by atoms with Gasteiger partial charge in [-0.2, -0.15) is 0 Å². The van der Waals surface area contributed by atoms with Gasteiger partial charge in [0.1, 0.15) is 63.4 Å². The van der Waals surface area contributed by atoms with Crippen LogP contribution in [0.5, 0.6) is 11.5 Å². The second-order valence-electron chi connectivity index (χ2n) is 17.6. The van der Waals surface area contributed by atoms with E-state index in [1.165, 1.54) is 29.4 Å². The second kappa shape index (κ2) is 19.7. The summed E-state index contributed by atoms with van der Waals surface area (Å²) in [6.07, 6.45) is 2.00. The Balaban J connectivity index is 1.14. The molecule has 20 heteroatoms. The molecule has 15 nitrogen and oxygen atoms in total. The number of ether oxygens (including phenoxy) is 4. The van der Waals surface area contributed by atoms with Gasteiger partial charge in [0.05, 0.1) is 31.0 Å². The molecule has 0 bridgehead atoms. The topological polar surface area (TPSA) is 191 Å². The summed E-state index contributed by atoms with van der Waals surface area (Å²) >= 11 is 8.26. The number of benzene rings is 2. The van der Waals surface area contributed by atoms with Gasteiger partial charge in [-0.05, 0) is 102 Å². The maximum atomic E-state index is 15.0. The number of hydrogen-bond acceptors (Lipinski definition) is 12. The lowest BCUT2D eigenvalue weighted by atomic mass is 10.1. The van der Waals surface area contributed by atoms with Crippen molar-refractivity contribution in [1.29, 1.82) is 0 Å². The number of pyridine rings is 1. The number of nitrogens with one attached hydrogen (secondary N) is 3. The molecule has 8 rings (SSSR count). The van der Waals surface area contributed by atoms with Gasteiger partial charge in [-0.3, -0.25) is 14.2 Å². The zero-order valence-electron chi connectivity index (χ0n) is 36.4. The molecular formula is C45H54ClF2N6O9PS. The summed E-state index contributed by atoms with van der Waals surface area (Å²) in [5.74, 6) is -3.09.